The van der Waals surface area contributed by atoms with E-state index < -0.39 is 0 Å². The van der Waals surface area contributed by atoms with Gasteiger partial charge < -0.3 is 9.64 Å². The molecule has 0 saturated heterocycles. The quantitative estimate of drug-likeness (QED) is 0.570. The lowest BCUT2D eigenvalue weighted by atomic mass is 10.4. The van der Waals surface area contributed by atoms with Gasteiger partial charge >= 0.3 is 0 Å². The molecule has 0 fully saturated rings. The molecule has 5 nitrogen and oxygen atoms in total. The zero-order valence-electron chi connectivity index (χ0n) is 9.67. The maximum absolute atomic E-state index is 11.4. The topological polar surface area (TPSA) is 54.8 Å². The fourth-order valence-corrected chi connectivity index (χ4v) is 0.992. The van der Waals surface area contributed by atoms with Crippen molar-refractivity contribution in [2.75, 3.05) is 21.2 Å². The van der Waals surface area contributed by atoms with Gasteiger partial charge in [-0.1, -0.05) is 6.07 Å². The van der Waals surface area contributed by atoms with Crippen molar-refractivity contribution in [3.63, 3.8) is 0 Å². The van der Waals surface area contributed by atoms with Crippen LogP contribution in [0.5, 0.6) is 0 Å². The number of methoxy groups -OCH3 is 1. The van der Waals surface area contributed by atoms with E-state index in [1.807, 2.05) is 6.07 Å². The zero-order chi connectivity index (χ0) is 12.0. The van der Waals surface area contributed by atoms with E-state index in [2.05, 4.69) is 9.98 Å². The van der Waals surface area contributed by atoms with Crippen LogP contribution >= 0.6 is 0 Å². The highest BCUT2D eigenvalue weighted by molar-refractivity contribution is 5.97. The molecule has 0 atom stereocenters. The van der Waals surface area contributed by atoms with Gasteiger partial charge in [0.05, 0.1) is 7.11 Å². The summed E-state index contributed by atoms with van der Waals surface area (Å²) >= 11 is 0. The minimum Gasteiger partial charge on any atom is -0.484 e. The molecule has 0 aliphatic heterocycles. The van der Waals surface area contributed by atoms with Crippen molar-refractivity contribution in [3.05, 3.63) is 24.4 Å². The van der Waals surface area contributed by atoms with E-state index in [9.17, 15) is 4.79 Å². The third kappa shape index (κ3) is 3.68. The molecular weight excluding hydrogens is 206 g/mol. The molecule has 1 aromatic rings. The van der Waals surface area contributed by atoms with Gasteiger partial charge in [-0.25, -0.2) is 4.98 Å². The van der Waals surface area contributed by atoms with Gasteiger partial charge in [-0.05, 0) is 12.1 Å². The molecule has 0 aliphatic carbocycles. The normalized spacial score (nSPS) is 11.1. The summed E-state index contributed by atoms with van der Waals surface area (Å²) in [5.41, 5.74) is 0. The predicted molar refractivity (Wildman–Crippen MR) is 61.7 cm³/mol. The van der Waals surface area contributed by atoms with Crippen LogP contribution < -0.4 is 0 Å². The Morgan fingerprint density at radius 3 is 2.75 bits per heavy atom. The second-order valence-electron chi connectivity index (χ2n) is 3.36. The Bertz CT molecular complexity index is 374. The van der Waals surface area contributed by atoms with Gasteiger partial charge in [0.25, 0.3) is 0 Å². The highest BCUT2D eigenvalue weighted by atomic mass is 16.5. The van der Waals surface area contributed by atoms with Gasteiger partial charge in [-0.2, -0.15) is 4.99 Å². The van der Waals surface area contributed by atoms with E-state index in [0.29, 0.717) is 11.7 Å². The predicted octanol–water partition coefficient (Wildman–Crippen LogP) is 1.24. The average Bonchev–Trinajstić information content (AvgIpc) is 2.29. The Morgan fingerprint density at radius 2 is 2.25 bits per heavy atom. The SMILES string of the molecule is CO/C(CC(=O)N(C)C)=N\c1ccccn1. The van der Waals surface area contributed by atoms with E-state index in [1.165, 1.54) is 12.0 Å². The summed E-state index contributed by atoms with van der Waals surface area (Å²) in [7, 11) is 4.87. The molecule has 0 unspecified atom stereocenters. The summed E-state index contributed by atoms with van der Waals surface area (Å²) in [6, 6.07) is 5.38. The minimum atomic E-state index is -0.0588. The molecule has 0 saturated carbocycles. The highest BCUT2D eigenvalue weighted by Gasteiger charge is 2.09. The van der Waals surface area contributed by atoms with Crippen LogP contribution in [0.4, 0.5) is 5.82 Å². The number of pyridine rings is 1. The van der Waals surface area contributed by atoms with Gasteiger partial charge in [0.1, 0.15) is 6.42 Å². The number of hydrogen-bond donors (Lipinski definition) is 0. The first kappa shape index (κ1) is 12.2. The standard InChI is InChI=1S/C11H15N3O2/c1-14(2)11(15)8-10(16-3)13-9-6-4-5-7-12-9/h4-7H,8H2,1-3H3/b13-10-. The fourth-order valence-electron chi connectivity index (χ4n) is 0.992. The van der Waals surface area contributed by atoms with Gasteiger partial charge in [0.15, 0.2) is 11.7 Å². The maximum atomic E-state index is 11.4. The third-order valence-electron chi connectivity index (χ3n) is 1.93. The van der Waals surface area contributed by atoms with Crippen molar-refractivity contribution in [2.45, 2.75) is 6.42 Å². The molecule has 0 bridgehead atoms. The molecule has 1 rings (SSSR count). The molecule has 0 spiro atoms. The van der Waals surface area contributed by atoms with Crippen molar-refractivity contribution >= 4 is 17.6 Å². The van der Waals surface area contributed by atoms with Crippen LogP contribution in [-0.4, -0.2) is 42.9 Å². The summed E-state index contributed by atoms with van der Waals surface area (Å²) in [4.78, 5) is 21.1. The summed E-state index contributed by atoms with van der Waals surface area (Å²) in [6.07, 6.45) is 1.78. The Hall–Kier alpha value is -1.91. The van der Waals surface area contributed by atoms with Gasteiger partial charge in [-0.3, -0.25) is 4.79 Å². The number of rotatable bonds is 3. The molecule has 0 N–H and O–H groups in total. The van der Waals surface area contributed by atoms with E-state index in [4.69, 9.17) is 4.74 Å². The molecule has 0 aromatic carbocycles. The number of aliphatic imine (C=N–C) groups is 1. The average molecular weight is 221 g/mol. The second-order valence-corrected chi connectivity index (χ2v) is 3.36. The smallest absolute Gasteiger partial charge is 0.231 e. The number of amides is 1. The highest BCUT2D eigenvalue weighted by Crippen LogP contribution is 2.07. The van der Waals surface area contributed by atoms with Crippen LogP contribution in [0.1, 0.15) is 6.42 Å². The third-order valence-corrected chi connectivity index (χ3v) is 1.93. The molecule has 86 valence electrons. The number of hydrogen-bond acceptors (Lipinski definition) is 4. The van der Waals surface area contributed by atoms with Crippen molar-refractivity contribution in [3.8, 4) is 0 Å². The molecule has 1 amide bonds. The second kappa shape index (κ2) is 5.85. The summed E-state index contributed by atoms with van der Waals surface area (Å²) in [5, 5.41) is 0. The lowest BCUT2D eigenvalue weighted by Crippen LogP contribution is -2.24. The summed E-state index contributed by atoms with van der Waals surface area (Å²) in [5.74, 6) is 0.833. The monoisotopic (exact) mass is 221 g/mol. The fraction of sp³-hybridized carbons (Fsp3) is 0.364. The number of ether oxygens (including phenoxy) is 1. The van der Waals surface area contributed by atoms with Gasteiger partial charge in [0, 0.05) is 20.3 Å². The first-order valence-corrected chi connectivity index (χ1v) is 4.86. The molecule has 5 heteroatoms. The van der Waals surface area contributed by atoms with Crippen molar-refractivity contribution in [2.24, 2.45) is 4.99 Å². The largest absolute Gasteiger partial charge is 0.484 e. The first-order chi connectivity index (χ1) is 7.63. The lowest BCUT2D eigenvalue weighted by molar-refractivity contribution is -0.127. The molecule has 0 aliphatic rings. The summed E-state index contributed by atoms with van der Waals surface area (Å²) in [6.45, 7) is 0. The lowest BCUT2D eigenvalue weighted by Gasteiger charge is -2.10. The van der Waals surface area contributed by atoms with Gasteiger partial charge in [0.2, 0.25) is 5.91 Å². The van der Waals surface area contributed by atoms with Crippen LogP contribution in [0.25, 0.3) is 0 Å². The number of nitrogens with zero attached hydrogens (tertiary/aromatic N) is 3. The molecule has 0 radical (unpaired) electrons. The van der Waals surface area contributed by atoms with E-state index in [-0.39, 0.29) is 12.3 Å². The summed E-state index contributed by atoms with van der Waals surface area (Å²) < 4.78 is 5.04. The van der Waals surface area contributed by atoms with E-state index >= 15 is 0 Å². The van der Waals surface area contributed by atoms with Crippen LogP contribution in [-0.2, 0) is 9.53 Å². The maximum Gasteiger partial charge on any atom is 0.231 e. The van der Waals surface area contributed by atoms with E-state index in [0.717, 1.165) is 0 Å². The Kier molecular flexibility index (Phi) is 4.44. The Balaban J connectivity index is 2.75. The van der Waals surface area contributed by atoms with Crippen LogP contribution in [0.3, 0.4) is 0 Å². The number of carbonyl (C=O) groups is 1. The Morgan fingerprint density at radius 1 is 1.50 bits per heavy atom. The molecular formula is C11H15N3O2. The minimum absolute atomic E-state index is 0.0588. The number of aromatic nitrogens is 1. The van der Waals surface area contributed by atoms with Crippen molar-refractivity contribution in [1.82, 2.24) is 9.88 Å². The Labute approximate surface area is 94.8 Å². The van der Waals surface area contributed by atoms with Crippen LogP contribution in [0, 0.1) is 0 Å². The van der Waals surface area contributed by atoms with Crippen molar-refractivity contribution < 1.29 is 9.53 Å². The molecule has 1 aromatic heterocycles. The molecule has 16 heavy (non-hydrogen) atoms. The number of carbonyl (C=O) groups excluding carboxylic acids is 1. The van der Waals surface area contributed by atoms with E-state index in [1.54, 1.807) is 32.4 Å². The van der Waals surface area contributed by atoms with Gasteiger partial charge in [-0.15, -0.1) is 0 Å². The van der Waals surface area contributed by atoms with Crippen LogP contribution in [0.15, 0.2) is 29.4 Å². The first-order valence-electron chi connectivity index (χ1n) is 4.86. The van der Waals surface area contributed by atoms with Crippen LogP contribution in [0.2, 0.25) is 0 Å². The van der Waals surface area contributed by atoms with Crippen molar-refractivity contribution in [1.29, 1.82) is 0 Å². The zero-order valence-corrected chi connectivity index (χ0v) is 9.67. The molecule has 1 heterocycles.